The maximum atomic E-state index is 11.2. The number of carboxylic acid groups (broad SMARTS) is 1. The minimum Gasteiger partial charge on any atom is -0.486 e. The predicted octanol–water partition coefficient (Wildman–Crippen LogP) is 5.03. The van der Waals surface area contributed by atoms with Crippen LogP contribution in [0.1, 0.15) is 18.1 Å². The summed E-state index contributed by atoms with van der Waals surface area (Å²) in [7, 11) is 0. The van der Waals surface area contributed by atoms with E-state index >= 15 is 0 Å². The molecule has 0 fully saturated rings. The second kappa shape index (κ2) is 8.69. The highest BCUT2D eigenvalue weighted by atomic mass is 79.9. The van der Waals surface area contributed by atoms with Crippen molar-refractivity contribution in [3.8, 4) is 5.75 Å². The van der Waals surface area contributed by atoms with E-state index in [9.17, 15) is 9.59 Å². The van der Waals surface area contributed by atoms with E-state index in [2.05, 4.69) is 37.2 Å². The lowest BCUT2D eigenvalue weighted by molar-refractivity contribution is -0.136. The van der Waals surface area contributed by atoms with Crippen LogP contribution in [0.4, 0.5) is 5.69 Å². The Balaban J connectivity index is 2.19. The molecule has 0 radical (unpaired) electrons. The van der Waals surface area contributed by atoms with Crippen LogP contribution >= 0.6 is 43.5 Å². The van der Waals surface area contributed by atoms with Crippen LogP contribution in [0.25, 0.3) is 0 Å². The van der Waals surface area contributed by atoms with Crippen molar-refractivity contribution < 1.29 is 19.4 Å². The van der Waals surface area contributed by atoms with Crippen LogP contribution < -0.4 is 10.1 Å². The molecule has 8 heteroatoms. The third-order valence-corrected chi connectivity index (χ3v) is 4.80. The molecule has 1 amide bonds. The zero-order valence-corrected chi connectivity index (χ0v) is 17.0. The van der Waals surface area contributed by atoms with Crippen LogP contribution in [0, 0.1) is 0 Å². The van der Waals surface area contributed by atoms with Gasteiger partial charge in [0.05, 0.1) is 26.1 Å². The van der Waals surface area contributed by atoms with Gasteiger partial charge in [-0.1, -0.05) is 23.7 Å². The number of carbonyl (C=O) groups excluding carboxylic acids is 1. The summed E-state index contributed by atoms with van der Waals surface area (Å²) in [6.07, 6.45) is -0.0813. The third kappa shape index (κ3) is 5.45. The van der Waals surface area contributed by atoms with Gasteiger partial charge in [0, 0.05) is 12.5 Å². The molecule has 0 saturated carbocycles. The Morgan fingerprint density at radius 3 is 2.44 bits per heavy atom. The molecule has 0 atom stereocenters. The summed E-state index contributed by atoms with van der Waals surface area (Å²) < 4.78 is 7.08. The molecular formula is C17H14Br2ClNO4. The van der Waals surface area contributed by atoms with Gasteiger partial charge < -0.3 is 15.2 Å². The van der Waals surface area contributed by atoms with Crippen LogP contribution in [0.2, 0.25) is 5.02 Å². The largest absolute Gasteiger partial charge is 0.486 e. The normalized spacial score (nSPS) is 10.4. The molecular weight excluding hydrogens is 477 g/mol. The first-order valence-corrected chi connectivity index (χ1v) is 9.11. The fourth-order valence-electron chi connectivity index (χ4n) is 2.15. The Bertz CT molecular complexity index is 803. The van der Waals surface area contributed by atoms with E-state index in [0.717, 1.165) is 0 Å². The summed E-state index contributed by atoms with van der Waals surface area (Å²) in [4.78, 5) is 22.0. The second-order valence-corrected chi connectivity index (χ2v) is 7.29. The molecule has 2 aromatic rings. The van der Waals surface area contributed by atoms with Gasteiger partial charge >= 0.3 is 5.97 Å². The first-order chi connectivity index (χ1) is 11.8. The summed E-state index contributed by atoms with van der Waals surface area (Å²) in [5.74, 6) is -0.580. The van der Waals surface area contributed by atoms with Crippen molar-refractivity contribution in [3.63, 3.8) is 0 Å². The maximum absolute atomic E-state index is 11.2. The molecule has 25 heavy (non-hydrogen) atoms. The number of carbonyl (C=O) groups is 2. The lowest BCUT2D eigenvalue weighted by Gasteiger charge is -2.14. The fourth-order valence-corrected chi connectivity index (χ4v) is 3.89. The van der Waals surface area contributed by atoms with Crippen molar-refractivity contribution >= 4 is 61.0 Å². The van der Waals surface area contributed by atoms with E-state index < -0.39 is 5.97 Å². The summed E-state index contributed by atoms with van der Waals surface area (Å²) in [5.41, 5.74) is 1.87. The number of hydrogen-bond donors (Lipinski definition) is 2. The minimum atomic E-state index is -0.908. The fraction of sp³-hybridized carbons (Fsp3) is 0.176. The molecule has 0 aliphatic carbocycles. The van der Waals surface area contributed by atoms with Gasteiger partial charge in [0.2, 0.25) is 5.91 Å². The lowest BCUT2D eigenvalue weighted by Crippen LogP contribution is -2.07. The van der Waals surface area contributed by atoms with E-state index in [1.807, 2.05) is 0 Å². The van der Waals surface area contributed by atoms with E-state index in [4.69, 9.17) is 21.4 Å². The molecule has 0 bridgehead atoms. The summed E-state index contributed by atoms with van der Waals surface area (Å²) in [6.45, 7) is 1.59. The third-order valence-electron chi connectivity index (χ3n) is 3.17. The van der Waals surface area contributed by atoms with Gasteiger partial charge in [-0.05, 0) is 55.6 Å². The molecule has 0 aliphatic heterocycles. The lowest BCUT2D eigenvalue weighted by atomic mass is 10.1. The van der Waals surface area contributed by atoms with E-state index in [0.29, 0.717) is 36.5 Å². The number of carboxylic acids is 1. The molecule has 0 spiro atoms. The highest BCUT2D eigenvalue weighted by molar-refractivity contribution is 9.11. The van der Waals surface area contributed by atoms with Gasteiger partial charge in [-0.2, -0.15) is 0 Å². The number of benzene rings is 2. The van der Waals surface area contributed by atoms with Crippen LogP contribution in [0.3, 0.4) is 0 Å². The smallest absolute Gasteiger partial charge is 0.307 e. The molecule has 0 heterocycles. The van der Waals surface area contributed by atoms with E-state index in [1.165, 1.54) is 6.92 Å². The van der Waals surface area contributed by atoms with E-state index in [1.54, 1.807) is 30.3 Å². The van der Waals surface area contributed by atoms with Gasteiger partial charge in [-0.15, -0.1) is 0 Å². The highest BCUT2D eigenvalue weighted by Crippen LogP contribution is 2.36. The number of amides is 1. The Morgan fingerprint density at radius 1 is 1.24 bits per heavy atom. The molecule has 0 aromatic heterocycles. The van der Waals surface area contributed by atoms with Crippen molar-refractivity contribution in [1.82, 2.24) is 0 Å². The van der Waals surface area contributed by atoms with Gasteiger partial charge in [-0.25, -0.2) is 0 Å². The molecule has 0 aliphatic rings. The maximum Gasteiger partial charge on any atom is 0.307 e. The summed E-state index contributed by atoms with van der Waals surface area (Å²) >= 11 is 13.1. The quantitative estimate of drug-likeness (QED) is 0.594. The Labute approximate surface area is 166 Å². The summed E-state index contributed by atoms with van der Waals surface area (Å²) in [5, 5.41) is 12.0. The van der Waals surface area contributed by atoms with Crippen molar-refractivity contribution in [2.45, 2.75) is 20.0 Å². The number of hydrogen-bond acceptors (Lipinski definition) is 3. The second-order valence-electron chi connectivity index (χ2n) is 5.21. The first-order valence-electron chi connectivity index (χ1n) is 7.15. The Hall–Kier alpha value is -1.57. The number of anilines is 1. The molecule has 2 N–H and O–H groups in total. The van der Waals surface area contributed by atoms with Gasteiger partial charge in [0.25, 0.3) is 0 Å². The highest BCUT2D eigenvalue weighted by Gasteiger charge is 2.13. The Kier molecular flexibility index (Phi) is 6.87. The molecule has 2 aromatic carbocycles. The van der Waals surface area contributed by atoms with Crippen LogP contribution in [0.5, 0.6) is 5.75 Å². The molecule has 2 rings (SSSR count). The Morgan fingerprint density at radius 2 is 1.88 bits per heavy atom. The molecule has 132 valence electrons. The van der Waals surface area contributed by atoms with Crippen molar-refractivity contribution in [2.75, 3.05) is 5.32 Å². The monoisotopic (exact) mass is 489 g/mol. The minimum absolute atomic E-state index is 0.0813. The van der Waals surface area contributed by atoms with E-state index in [-0.39, 0.29) is 18.9 Å². The van der Waals surface area contributed by atoms with Crippen LogP contribution in [-0.2, 0) is 22.6 Å². The molecule has 0 unspecified atom stereocenters. The topological polar surface area (TPSA) is 75.6 Å². The zero-order chi connectivity index (χ0) is 18.6. The zero-order valence-electron chi connectivity index (χ0n) is 13.1. The summed E-state index contributed by atoms with van der Waals surface area (Å²) in [6, 6.07) is 8.68. The average Bonchev–Trinajstić information content (AvgIpc) is 2.48. The number of halogens is 3. The van der Waals surface area contributed by atoms with Gasteiger partial charge in [-0.3, -0.25) is 9.59 Å². The number of nitrogens with one attached hydrogen (secondary N) is 1. The van der Waals surface area contributed by atoms with Crippen molar-refractivity contribution in [3.05, 3.63) is 55.4 Å². The number of ether oxygens (including phenoxy) is 1. The van der Waals surface area contributed by atoms with Crippen molar-refractivity contribution in [1.29, 1.82) is 0 Å². The number of rotatable bonds is 6. The number of aliphatic carboxylic acids is 1. The molecule has 5 nitrogen and oxygen atoms in total. The molecule has 0 saturated heterocycles. The first kappa shape index (κ1) is 19.8. The van der Waals surface area contributed by atoms with Crippen LogP contribution in [0.15, 0.2) is 39.3 Å². The van der Waals surface area contributed by atoms with Crippen molar-refractivity contribution in [2.24, 2.45) is 0 Å². The SMILES string of the molecule is CC(=O)Nc1cccc(COc2c(Br)cc(CC(=O)O)cc2Br)c1Cl. The average molecular weight is 492 g/mol. The predicted molar refractivity (Wildman–Crippen MR) is 103 cm³/mol. The van der Waals surface area contributed by atoms with Gasteiger partial charge in [0.15, 0.2) is 0 Å². The standard InChI is InChI=1S/C17H14Br2ClNO4/c1-9(22)21-14-4-2-3-11(16(14)20)8-25-17-12(18)5-10(6-13(17)19)7-15(23)24/h2-6H,7-8H2,1H3,(H,21,22)(H,23,24). The van der Waals surface area contributed by atoms with Crippen LogP contribution in [-0.4, -0.2) is 17.0 Å². The van der Waals surface area contributed by atoms with Gasteiger partial charge in [0.1, 0.15) is 12.4 Å².